The number of benzene rings is 1. The molecule has 1 aromatic heterocycles. The van der Waals surface area contributed by atoms with Crippen LogP contribution in [0.25, 0.3) is 0 Å². The topological polar surface area (TPSA) is 127 Å². The molecule has 2 bridgehead atoms. The lowest BCUT2D eigenvalue weighted by Gasteiger charge is -2.41. The van der Waals surface area contributed by atoms with Crippen LogP contribution in [0, 0.1) is 11.7 Å². The SMILES string of the molecule is CC1(C)CC([C@H](c2ccc(Cl)cc2)[C@H](N)C(=O)Nc2cncc(F)c2CC[C@H]2CN[C@@H]3CCCS(=O)(=O)N2C3)CCO1. The lowest BCUT2D eigenvalue weighted by atomic mass is 9.73. The van der Waals surface area contributed by atoms with Crippen LogP contribution in [0.1, 0.15) is 63.0 Å². The highest BCUT2D eigenvalue weighted by Crippen LogP contribution is 2.40. The minimum absolute atomic E-state index is 0.0824. The first-order valence-corrected chi connectivity index (χ1v) is 16.7. The Kier molecular flexibility index (Phi) is 9.56. The molecule has 4 heterocycles. The van der Waals surface area contributed by atoms with Crippen molar-refractivity contribution in [2.45, 2.75) is 82.0 Å². The predicted molar refractivity (Wildman–Crippen MR) is 161 cm³/mol. The number of aromatic nitrogens is 1. The maximum Gasteiger partial charge on any atom is 0.241 e. The molecule has 9 nitrogen and oxygen atoms in total. The average molecular weight is 622 g/mol. The van der Waals surface area contributed by atoms with Crippen LogP contribution in [-0.2, 0) is 26.0 Å². The number of pyridine rings is 1. The standard InChI is InChI=1S/C30H41ClFN5O4S/c1-30(2)14-20(11-12-41-30)27(19-5-7-21(31)8-6-19)28(33)29(38)36-26-17-34-16-25(32)24(26)10-9-23-15-35-22-4-3-13-42(39,40)37(23)18-22/h5-8,16-17,20,22-23,27-28,35H,3-4,9-15,18,33H2,1-2H3,(H,36,38)/t20?,22-,23+,27+,28+/m1/s1. The molecule has 42 heavy (non-hydrogen) atoms. The molecule has 2 unspecified atom stereocenters. The Labute approximate surface area is 252 Å². The van der Waals surface area contributed by atoms with Crippen molar-refractivity contribution in [3.63, 3.8) is 0 Å². The highest BCUT2D eigenvalue weighted by atomic mass is 35.5. The third-order valence-corrected chi connectivity index (χ3v) is 11.2. The fourth-order valence-corrected chi connectivity index (χ4v) is 8.73. The molecule has 1 amide bonds. The Bertz CT molecular complexity index is 1380. The highest BCUT2D eigenvalue weighted by Gasteiger charge is 2.40. The van der Waals surface area contributed by atoms with Gasteiger partial charge in [-0.3, -0.25) is 9.78 Å². The second-order valence-corrected chi connectivity index (χ2v) is 14.9. The molecule has 3 aliphatic heterocycles. The zero-order valence-corrected chi connectivity index (χ0v) is 25.8. The summed E-state index contributed by atoms with van der Waals surface area (Å²) in [7, 11) is -3.37. The number of nitrogens with two attached hydrogens (primary N) is 1. The van der Waals surface area contributed by atoms with E-state index in [1.807, 2.05) is 26.0 Å². The number of hydrogen-bond acceptors (Lipinski definition) is 7. The van der Waals surface area contributed by atoms with E-state index in [1.165, 1.54) is 6.20 Å². The quantitative estimate of drug-likeness (QED) is 0.409. The Morgan fingerprint density at radius 3 is 2.79 bits per heavy atom. The van der Waals surface area contributed by atoms with Gasteiger partial charge in [-0.25, -0.2) is 12.8 Å². The minimum Gasteiger partial charge on any atom is -0.376 e. The van der Waals surface area contributed by atoms with Gasteiger partial charge in [0.05, 0.1) is 35.5 Å². The summed E-state index contributed by atoms with van der Waals surface area (Å²) in [5.74, 6) is -1.10. The van der Waals surface area contributed by atoms with E-state index >= 15 is 4.39 Å². The Hall–Kier alpha value is -2.15. The van der Waals surface area contributed by atoms with Gasteiger partial charge in [0.2, 0.25) is 15.9 Å². The molecule has 4 N–H and O–H groups in total. The van der Waals surface area contributed by atoms with Crippen LogP contribution in [0.5, 0.6) is 0 Å². The van der Waals surface area contributed by atoms with Gasteiger partial charge in [0, 0.05) is 48.3 Å². The normalized spacial score (nSPS) is 28.3. The second kappa shape index (κ2) is 12.8. The van der Waals surface area contributed by atoms with Crippen LogP contribution in [0.4, 0.5) is 10.1 Å². The van der Waals surface area contributed by atoms with E-state index in [9.17, 15) is 13.2 Å². The first-order valence-electron chi connectivity index (χ1n) is 14.7. The number of fused-ring (bicyclic) bond motifs is 2. The summed E-state index contributed by atoms with van der Waals surface area (Å²) in [6, 6.07) is 6.30. The molecule has 0 saturated carbocycles. The van der Waals surface area contributed by atoms with Crippen LogP contribution in [0.3, 0.4) is 0 Å². The van der Waals surface area contributed by atoms with Gasteiger partial charge >= 0.3 is 0 Å². The van der Waals surface area contributed by atoms with Crippen molar-refractivity contribution in [2.75, 3.05) is 30.8 Å². The van der Waals surface area contributed by atoms with E-state index < -0.39 is 27.8 Å². The largest absolute Gasteiger partial charge is 0.376 e. The number of ether oxygens (including phenoxy) is 1. The van der Waals surface area contributed by atoms with E-state index in [0.29, 0.717) is 37.6 Å². The molecule has 0 radical (unpaired) electrons. The third kappa shape index (κ3) is 7.14. The van der Waals surface area contributed by atoms with Crippen molar-refractivity contribution >= 4 is 33.2 Å². The van der Waals surface area contributed by atoms with Gasteiger partial charge in [-0.15, -0.1) is 0 Å². The van der Waals surface area contributed by atoms with E-state index in [0.717, 1.165) is 31.0 Å². The van der Waals surface area contributed by atoms with E-state index in [4.69, 9.17) is 22.1 Å². The van der Waals surface area contributed by atoms with Crippen LogP contribution in [0.15, 0.2) is 36.7 Å². The first-order chi connectivity index (χ1) is 19.9. The average Bonchev–Trinajstić information content (AvgIpc) is 3.05. The van der Waals surface area contributed by atoms with Gasteiger partial charge in [-0.05, 0) is 76.0 Å². The molecule has 3 fully saturated rings. The first kappa shape index (κ1) is 31.3. The van der Waals surface area contributed by atoms with Crippen LogP contribution >= 0.6 is 11.6 Å². The van der Waals surface area contributed by atoms with Crippen molar-refractivity contribution in [2.24, 2.45) is 11.7 Å². The third-order valence-electron chi connectivity index (χ3n) is 8.94. The van der Waals surface area contributed by atoms with Gasteiger partial charge in [0.1, 0.15) is 5.82 Å². The molecule has 3 aliphatic rings. The zero-order valence-electron chi connectivity index (χ0n) is 24.2. The van der Waals surface area contributed by atoms with E-state index in [-0.39, 0.29) is 52.9 Å². The predicted octanol–water partition coefficient (Wildman–Crippen LogP) is 3.83. The molecule has 12 heteroatoms. The van der Waals surface area contributed by atoms with Gasteiger partial charge in [-0.2, -0.15) is 4.31 Å². The van der Waals surface area contributed by atoms with Crippen molar-refractivity contribution < 1.29 is 22.3 Å². The second-order valence-electron chi connectivity index (χ2n) is 12.4. The maximum absolute atomic E-state index is 15.1. The molecule has 1 aromatic carbocycles. The number of nitrogens with zero attached hydrogens (tertiary/aromatic N) is 2. The Morgan fingerprint density at radius 1 is 1.29 bits per heavy atom. The monoisotopic (exact) mass is 621 g/mol. The smallest absolute Gasteiger partial charge is 0.241 e. The summed E-state index contributed by atoms with van der Waals surface area (Å²) in [6.45, 7) is 5.57. The summed E-state index contributed by atoms with van der Waals surface area (Å²) >= 11 is 6.15. The van der Waals surface area contributed by atoms with Crippen molar-refractivity contribution in [3.05, 3.63) is 58.6 Å². The number of carbonyl (C=O) groups is 1. The van der Waals surface area contributed by atoms with Gasteiger partial charge < -0.3 is 21.1 Å². The summed E-state index contributed by atoms with van der Waals surface area (Å²) < 4.78 is 48.4. The summed E-state index contributed by atoms with van der Waals surface area (Å²) in [5.41, 5.74) is 7.79. The number of nitrogens with one attached hydrogen (secondary N) is 2. The molecular formula is C30H41ClFN5O4S. The van der Waals surface area contributed by atoms with E-state index in [2.05, 4.69) is 15.6 Å². The number of piperazine rings is 1. The number of halogens is 2. The fraction of sp³-hybridized carbons (Fsp3) is 0.600. The fourth-order valence-electron chi connectivity index (χ4n) is 6.80. The van der Waals surface area contributed by atoms with Crippen LogP contribution in [0.2, 0.25) is 5.02 Å². The molecule has 0 spiro atoms. The Morgan fingerprint density at radius 2 is 2.05 bits per heavy atom. The lowest BCUT2D eigenvalue weighted by Crippen LogP contribution is -2.57. The molecule has 5 rings (SSSR count). The van der Waals surface area contributed by atoms with Gasteiger partial charge in [0.15, 0.2) is 0 Å². The van der Waals surface area contributed by atoms with E-state index in [1.54, 1.807) is 16.4 Å². The number of amides is 1. The molecule has 0 aliphatic carbocycles. The molecule has 3 saturated heterocycles. The number of hydrogen-bond donors (Lipinski definition) is 3. The number of anilines is 1. The van der Waals surface area contributed by atoms with Crippen molar-refractivity contribution in [3.8, 4) is 0 Å². The maximum atomic E-state index is 15.1. The molecular weight excluding hydrogens is 581 g/mol. The molecule has 2 aromatic rings. The number of sulfonamides is 1. The van der Waals surface area contributed by atoms with Crippen molar-refractivity contribution in [1.82, 2.24) is 14.6 Å². The summed E-state index contributed by atoms with van der Waals surface area (Å²) in [6.07, 6.45) is 6.10. The molecule has 6 atom stereocenters. The minimum atomic E-state index is -3.37. The van der Waals surface area contributed by atoms with Crippen molar-refractivity contribution in [1.29, 1.82) is 0 Å². The lowest BCUT2D eigenvalue weighted by molar-refractivity contribution is -0.119. The van der Waals surface area contributed by atoms with Crippen LogP contribution < -0.4 is 16.4 Å². The van der Waals surface area contributed by atoms with Gasteiger partial charge in [-0.1, -0.05) is 23.7 Å². The van der Waals surface area contributed by atoms with Gasteiger partial charge in [0.25, 0.3) is 0 Å². The number of rotatable bonds is 8. The molecule has 230 valence electrons. The van der Waals surface area contributed by atoms with Crippen LogP contribution in [-0.4, -0.2) is 72.8 Å². The summed E-state index contributed by atoms with van der Waals surface area (Å²) in [4.78, 5) is 17.7. The zero-order chi connectivity index (χ0) is 30.1. The number of carbonyl (C=O) groups excluding carboxylic acids is 1. The highest BCUT2D eigenvalue weighted by molar-refractivity contribution is 7.89. The summed E-state index contributed by atoms with van der Waals surface area (Å²) in [5, 5.41) is 6.89. The Balaban J connectivity index is 1.34.